The molecule has 0 aromatic carbocycles. The van der Waals surface area contributed by atoms with Crippen LogP contribution in [0.5, 0.6) is 0 Å². The van der Waals surface area contributed by atoms with Gasteiger partial charge >= 0.3 is 5.97 Å². The Hall–Kier alpha value is -4.85. The zero-order chi connectivity index (χ0) is 29.8. The highest BCUT2D eigenvalue weighted by atomic mass is 16.4. The molecule has 1 atom stereocenters. The first-order valence-electron chi connectivity index (χ1n) is 11.1. The van der Waals surface area contributed by atoms with Crippen LogP contribution in [0.3, 0.4) is 0 Å². The Morgan fingerprint density at radius 2 is 0.846 bits per heavy atom. The maximum absolute atomic E-state index is 12.1. The van der Waals surface area contributed by atoms with Gasteiger partial charge in [0.15, 0.2) is 0 Å². The average Bonchev–Trinajstić information content (AvgIpc) is 2.91. The van der Waals surface area contributed by atoms with Gasteiger partial charge in [-0.05, 0) is 0 Å². The van der Waals surface area contributed by atoms with Crippen molar-refractivity contribution in [1.29, 1.82) is 0 Å². The normalized spacial score (nSPS) is 10.6. The van der Waals surface area contributed by atoms with Crippen LogP contribution in [-0.2, 0) is 43.2 Å². The quantitative estimate of drug-likeness (QED) is 0.0743. The maximum atomic E-state index is 12.1. The van der Waals surface area contributed by atoms with Gasteiger partial charge in [0.1, 0.15) is 12.6 Å². The lowest BCUT2D eigenvalue weighted by Crippen LogP contribution is -2.53. The molecule has 0 unspecified atom stereocenters. The Morgan fingerprint density at radius 3 is 1.21 bits per heavy atom. The van der Waals surface area contributed by atoms with Crippen LogP contribution in [0.1, 0.15) is 0 Å². The minimum atomic E-state index is -1.49. The Kier molecular flexibility index (Phi) is 16.9. The molecule has 0 fully saturated rings. The smallest absolute Gasteiger partial charge is 0.322 e. The summed E-state index contributed by atoms with van der Waals surface area (Å²) in [6.45, 7) is -5.07. The van der Waals surface area contributed by atoms with Crippen LogP contribution in [0.25, 0.3) is 0 Å². The number of nitrogens with one attached hydrogen (secondary N) is 8. The first-order chi connectivity index (χ1) is 18.4. The monoisotopic (exact) mass is 561 g/mol. The third-order valence-electron chi connectivity index (χ3n) is 4.11. The van der Waals surface area contributed by atoms with Crippen LogP contribution < -0.4 is 48.3 Å². The molecule has 0 aliphatic carbocycles. The predicted octanol–water partition coefficient (Wildman–Crippen LogP) is -8.68. The van der Waals surface area contributed by atoms with Crippen LogP contribution in [-0.4, -0.2) is 128 Å². The third kappa shape index (κ3) is 18.1. The molecule has 0 aromatic heterocycles. The van der Waals surface area contributed by atoms with Crippen LogP contribution >= 0.6 is 0 Å². The molecule has 0 bridgehead atoms. The van der Waals surface area contributed by atoms with Crippen molar-refractivity contribution in [1.82, 2.24) is 42.5 Å². The van der Waals surface area contributed by atoms with E-state index in [1.54, 1.807) is 0 Å². The molecule has 0 saturated carbocycles. The molecule has 20 nitrogen and oxygen atoms in total. The first kappa shape index (κ1) is 34.1. The van der Waals surface area contributed by atoms with Gasteiger partial charge in [-0.15, -0.1) is 0 Å². The molecule has 0 aliphatic heterocycles. The Labute approximate surface area is 220 Å². The number of carboxylic acid groups (broad SMARTS) is 1. The summed E-state index contributed by atoms with van der Waals surface area (Å²) in [5.41, 5.74) is 5.05. The minimum Gasteiger partial charge on any atom is -0.480 e. The van der Waals surface area contributed by atoms with Gasteiger partial charge < -0.3 is 58.5 Å². The van der Waals surface area contributed by atoms with E-state index in [4.69, 9.17) is 10.8 Å². The molecule has 0 spiro atoms. The van der Waals surface area contributed by atoms with E-state index in [9.17, 15) is 48.3 Å². The van der Waals surface area contributed by atoms with Crippen molar-refractivity contribution in [3.63, 3.8) is 0 Å². The van der Waals surface area contributed by atoms with E-state index in [1.165, 1.54) is 0 Å². The highest BCUT2D eigenvalue weighted by Crippen LogP contribution is 1.84. The fourth-order valence-corrected chi connectivity index (χ4v) is 2.18. The lowest BCUT2D eigenvalue weighted by molar-refractivity contribution is -0.138. The van der Waals surface area contributed by atoms with Crippen LogP contribution in [0.15, 0.2) is 0 Å². The summed E-state index contributed by atoms with van der Waals surface area (Å²) in [4.78, 5) is 103. The lowest BCUT2D eigenvalue weighted by atomic mass is 10.3. The van der Waals surface area contributed by atoms with Crippen LogP contribution in [0, 0.1) is 0 Å². The number of amides is 8. The standard InChI is InChI=1S/C19H31N9O11/c20-1-11(30)21-2-12(31)22-4-14(33)25-7-17(36)28-10(9-29)19(39)27-6-16(35)24-3-13(32)23-5-15(34)26-8-18(37)38/h10,29H,1-9,20H2,(H,21,30)(H,22,31)(H,23,32)(H,24,35)(H,25,33)(H,26,34)(H,27,39)(H,28,36)(H,37,38)/t10-/m0/s1. The van der Waals surface area contributed by atoms with Gasteiger partial charge in [0.2, 0.25) is 47.3 Å². The van der Waals surface area contributed by atoms with E-state index in [2.05, 4.69) is 37.2 Å². The summed E-state index contributed by atoms with van der Waals surface area (Å²) in [6.07, 6.45) is 0. The highest BCUT2D eigenvalue weighted by Gasteiger charge is 2.21. The molecule has 20 heteroatoms. The molecule has 0 rings (SSSR count). The number of carbonyl (C=O) groups is 9. The highest BCUT2D eigenvalue weighted by molar-refractivity contribution is 5.94. The molecular formula is C19H31N9O11. The number of hydrogen-bond acceptors (Lipinski definition) is 11. The van der Waals surface area contributed by atoms with E-state index in [1.807, 2.05) is 5.32 Å². The Bertz CT molecular complexity index is 942. The Balaban J connectivity index is 4.23. The lowest BCUT2D eigenvalue weighted by Gasteiger charge is -2.16. The molecule has 218 valence electrons. The van der Waals surface area contributed by atoms with Crippen molar-refractivity contribution in [2.75, 3.05) is 59.0 Å². The second-order valence-electron chi connectivity index (χ2n) is 7.28. The summed E-state index contributed by atoms with van der Waals surface area (Å²) in [6, 6.07) is -1.49. The van der Waals surface area contributed by atoms with Crippen molar-refractivity contribution in [3.05, 3.63) is 0 Å². The number of rotatable bonds is 18. The average molecular weight is 562 g/mol. The van der Waals surface area contributed by atoms with Gasteiger partial charge in [0, 0.05) is 0 Å². The summed E-state index contributed by atoms with van der Waals surface area (Å²) < 4.78 is 0. The molecular weight excluding hydrogens is 530 g/mol. The molecule has 8 amide bonds. The summed E-state index contributed by atoms with van der Waals surface area (Å²) >= 11 is 0. The largest absolute Gasteiger partial charge is 0.480 e. The maximum Gasteiger partial charge on any atom is 0.322 e. The van der Waals surface area contributed by atoms with Crippen LogP contribution in [0.2, 0.25) is 0 Å². The van der Waals surface area contributed by atoms with Crippen molar-refractivity contribution in [2.24, 2.45) is 5.73 Å². The SMILES string of the molecule is NCC(=O)NCC(=O)NCC(=O)NCC(=O)N[C@@H](CO)C(=O)NCC(=O)NCC(=O)NCC(=O)NCC(=O)O. The number of aliphatic hydroxyl groups excluding tert-OH is 1. The van der Waals surface area contributed by atoms with Gasteiger partial charge in [-0.3, -0.25) is 43.2 Å². The topological polar surface area (TPSA) is 316 Å². The van der Waals surface area contributed by atoms with E-state index < -0.39 is 112 Å². The fourth-order valence-electron chi connectivity index (χ4n) is 2.18. The Morgan fingerprint density at radius 1 is 0.513 bits per heavy atom. The van der Waals surface area contributed by atoms with E-state index in [0.29, 0.717) is 0 Å². The second kappa shape index (κ2) is 19.3. The van der Waals surface area contributed by atoms with Crippen molar-refractivity contribution in [2.45, 2.75) is 6.04 Å². The molecule has 0 radical (unpaired) electrons. The number of carbonyl (C=O) groups excluding carboxylic acids is 8. The first-order valence-corrected chi connectivity index (χ1v) is 11.1. The zero-order valence-corrected chi connectivity index (χ0v) is 20.6. The van der Waals surface area contributed by atoms with E-state index in [-0.39, 0.29) is 6.54 Å². The van der Waals surface area contributed by atoms with Crippen molar-refractivity contribution >= 4 is 53.2 Å². The summed E-state index contributed by atoms with van der Waals surface area (Å²) in [5.74, 6) is -7.51. The minimum absolute atomic E-state index is 0.316. The molecule has 0 saturated heterocycles. The van der Waals surface area contributed by atoms with Gasteiger partial charge in [0.25, 0.3) is 0 Å². The zero-order valence-electron chi connectivity index (χ0n) is 20.6. The van der Waals surface area contributed by atoms with Crippen LogP contribution in [0.4, 0.5) is 0 Å². The molecule has 39 heavy (non-hydrogen) atoms. The third-order valence-corrected chi connectivity index (χ3v) is 4.11. The number of nitrogens with two attached hydrogens (primary N) is 1. The van der Waals surface area contributed by atoms with Gasteiger partial charge in [-0.2, -0.15) is 0 Å². The molecule has 0 heterocycles. The molecule has 0 aliphatic rings. The van der Waals surface area contributed by atoms with E-state index >= 15 is 0 Å². The van der Waals surface area contributed by atoms with Gasteiger partial charge in [0.05, 0.1) is 52.4 Å². The molecule has 0 aromatic rings. The number of aliphatic carboxylic acids is 1. The fraction of sp³-hybridized carbons (Fsp3) is 0.526. The van der Waals surface area contributed by atoms with E-state index in [0.717, 1.165) is 0 Å². The number of aliphatic hydroxyl groups is 1. The summed E-state index contributed by atoms with van der Waals surface area (Å²) in [5, 5.41) is 34.7. The second-order valence-corrected chi connectivity index (χ2v) is 7.28. The predicted molar refractivity (Wildman–Crippen MR) is 127 cm³/mol. The number of carboxylic acids is 1. The van der Waals surface area contributed by atoms with Crippen molar-refractivity contribution in [3.8, 4) is 0 Å². The van der Waals surface area contributed by atoms with Gasteiger partial charge in [-0.25, -0.2) is 0 Å². The van der Waals surface area contributed by atoms with Crippen molar-refractivity contribution < 1.29 is 53.4 Å². The molecule has 12 N–H and O–H groups in total. The number of hydrogen-bond donors (Lipinski definition) is 11. The van der Waals surface area contributed by atoms with Gasteiger partial charge in [-0.1, -0.05) is 0 Å². The summed E-state index contributed by atoms with van der Waals surface area (Å²) in [7, 11) is 0.